The first-order valence-corrected chi connectivity index (χ1v) is 18.2. The van der Waals surface area contributed by atoms with Crippen LogP contribution in [0.4, 0.5) is 0 Å². The molecule has 0 aliphatic carbocycles. The number of hydrogen-bond acceptors (Lipinski definition) is 1. The minimum absolute atomic E-state index is 0. The Morgan fingerprint density at radius 3 is 1.07 bits per heavy atom. The van der Waals surface area contributed by atoms with Crippen molar-refractivity contribution in [2.75, 3.05) is 6.54 Å². The minimum Gasteiger partial charge on any atom is -0.298 e. The second-order valence-corrected chi connectivity index (χ2v) is 15.9. The Balaban J connectivity index is 0. The summed E-state index contributed by atoms with van der Waals surface area (Å²) in [4.78, 5) is 2.92. The van der Waals surface area contributed by atoms with Gasteiger partial charge in [0, 0.05) is 63.5 Å². The van der Waals surface area contributed by atoms with Gasteiger partial charge >= 0.3 is 0 Å². The molecule has 0 heterocycles. The molecule has 0 aromatic carbocycles. The number of hydrogen-bond donors (Lipinski definition) is 0. The molecule has 1 radical (unpaired) electrons. The van der Waals surface area contributed by atoms with Gasteiger partial charge in [-0.05, 0) is 63.3 Å². The van der Waals surface area contributed by atoms with Crippen LogP contribution in [0.3, 0.4) is 0 Å². The van der Waals surface area contributed by atoms with Crippen LogP contribution in [-0.2, 0) is 0 Å². The largest absolute Gasteiger partial charge is 0.298 e. The molecule has 0 saturated carbocycles. The summed E-state index contributed by atoms with van der Waals surface area (Å²) in [6.07, 6.45) is 34.2. The minimum atomic E-state index is 0. The molecule has 2 atom stereocenters. The second kappa shape index (κ2) is 28.1. The zero-order valence-electron chi connectivity index (χ0n) is 30.3. The van der Waals surface area contributed by atoms with Crippen molar-refractivity contribution in [1.29, 1.82) is 0 Å². The maximum Gasteiger partial charge on any atom is 0.00697 e. The van der Waals surface area contributed by atoms with Crippen LogP contribution in [-0.4, -0.2) is 74.9 Å². The van der Waals surface area contributed by atoms with Crippen LogP contribution in [0.25, 0.3) is 0 Å². The number of nitrogens with zero attached hydrogens (tertiary/aromatic N) is 1. The average molecular weight is 589 g/mol. The van der Waals surface area contributed by atoms with Gasteiger partial charge in [0.1, 0.15) is 0 Å². The molecular weight excluding hydrogens is 510 g/mol. The first-order chi connectivity index (χ1) is 18.5. The van der Waals surface area contributed by atoms with E-state index < -0.39 is 0 Å². The Kier molecular flexibility index (Phi) is 30.7. The van der Waals surface area contributed by atoms with Gasteiger partial charge in [0.25, 0.3) is 0 Å². The molecule has 0 amide bonds. The molecule has 0 rings (SSSR count). The first kappa shape index (κ1) is 43.7. The SMILES string of the molecule is CCCCCCCCCCN(C(C)CCCCCCCCC(C)(C)C)C(C)CCCCCCCCC(C)(C)C.[K]. The third-order valence-corrected chi connectivity index (χ3v) is 9.00. The van der Waals surface area contributed by atoms with Gasteiger partial charge in [-0.15, -0.1) is 0 Å². The van der Waals surface area contributed by atoms with Crippen molar-refractivity contribution in [3.63, 3.8) is 0 Å². The molecule has 237 valence electrons. The third-order valence-electron chi connectivity index (χ3n) is 9.00. The van der Waals surface area contributed by atoms with Crippen LogP contribution in [0.1, 0.15) is 216 Å². The summed E-state index contributed by atoms with van der Waals surface area (Å²) in [6.45, 7) is 23.0. The summed E-state index contributed by atoms with van der Waals surface area (Å²) in [7, 11) is 0. The van der Waals surface area contributed by atoms with Gasteiger partial charge in [-0.1, -0.05) is 170 Å². The van der Waals surface area contributed by atoms with Crippen LogP contribution in [0, 0.1) is 10.8 Å². The van der Waals surface area contributed by atoms with Crippen LogP contribution in [0.5, 0.6) is 0 Å². The summed E-state index contributed by atoms with van der Waals surface area (Å²) in [5.74, 6) is 0. The molecule has 0 saturated heterocycles. The molecular formula is C38H79KN. The van der Waals surface area contributed by atoms with Gasteiger partial charge in [0.2, 0.25) is 0 Å². The molecule has 0 aromatic heterocycles. The summed E-state index contributed by atoms with van der Waals surface area (Å²) in [6, 6.07) is 1.51. The van der Waals surface area contributed by atoms with Gasteiger partial charge in [0.15, 0.2) is 0 Å². The van der Waals surface area contributed by atoms with Crippen molar-refractivity contribution in [1.82, 2.24) is 4.90 Å². The van der Waals surface area contributed by atoms with Crippen molar-refractivity contribution in [2.24, 2.45) is 10.8 Å². The van der Waals surface area contributed by atoms with Gasteiger partial charge in [-0.3, -0.25) is 4.90 Å². The van der Waals surface area contributed by atoms with E-state index in [9.17, 15) is 0 Å². The number of rotatable bonds is 27. The van der Waals surface area contributed by atoms with Crippen molar-refractivity contribution < 1.29 is 0 Å². The maximum absolute atomic E-state index is 2.92. The van der Waals surface area contributed by atoms with Crippen molar-refractivity contribution in [2.45, 2.75) is 228 Å². The normalized spacial score (nSPS) is 13.9. The van der Waals surface area contributed by atoms with Gasteiger partial charge < -0.3 is 0 Å². The Bertz CT molecular complexity index is 467. The zero-order valence-corrected chi connectivity index (χ0v) is 33.4. The molecule has 2 unspecified atom stereocenters. The van der Waals surface area contributed by atoms with Gasteiger partial charge in [0.05, 0.1) is 0 Å². The van der Waals surface area contributed by atoms with Crippen molar-refractivity contribution in [3.8, 4) is 0 Å². The molecule has 0 aromatic rings. The van der Waals surface area contributed by atoms with E-state index in [4.69, 9.17) is 0 Å². The van der Waals surface area contributed by atoms with E-state index in [1.165, 1.54) is 161 Å². The fraction of sp³-hybridized carbons (Fsp3) is 1.00. The van der Waals surface area contributed by atoms with Crippen LogP contribution in [0.15, 0.2) is 0 Å². The quantitative estimate of drug-likeness (QED) is 0.0681. The van der Waals surface area contributed by atoms with E-state index in [0.29, 0.717) is 10.8 Å². The average Bonchev–Trinajstić information content (AvgIpc) is 2.84. The van der Waals surface area contributed by atoms with Crippen molar-refractivity contribution >= 4 is 51.4 Å². The standard InChI is InChI=1S/C38H79N.K/c1-10-11-12-13-14-19-24-29-34-39(35(2)30-25-20-15-17-22-27-32-37(4,5)6)36(3)31-26-21-16-18-23-28-33-38(7,8)9;/h35-36H,10-34H2,1-9H3;. The van der Waals surface area contributed by atoms with Crippen molar-refractivity contribution in [3.05, 3.63) is 0 Å². The molecule has 0 bridgehead atoms. The topological polar surface area (TPSA) is 3.24 Å². The fourth-order valence-electron chi connectivity index (χ4n) is 6.24. The molecule has 0 aliphatic heterocycles. The molecule has 0 spiro atoms. The van der Waals surface area contributed by atoms with Crippen LogP contribution >= 0.6 is 0 Å². The zero-order chi connectivity index (χ0) is 29.4. The van der Waals surface area contributed by atoms with Crippen LogP contribution in [0.2, 0.25) is 0 Å². The molecule has 2 heteroatoms. The monoisotopic (exact) mass is 589 g/mol. The summed E-state index contributed by atoms with van der Waals surface area (Å²) >= 11 is 0. The van der Waals surface area contributed by atoms with E-state index in [1.807, 2.05) is 0 Å². The van der Waals surface area contributed by atoms with Gasteiger partial charge in [-0.25, -0.2) is 0 Å². The predicted octanol–water partition coefficient (Wildman–Crippen LogP) is 13.2. The summed E-state index contributed by atoms with van der Waals surface area (Å²) in [5, 5.41) is 0. The molecule has 40 heavy (non-hydrogen) atoms. The van der Waals surface area contributed by atoms with E-state index >= 15 is 0 Å². The van der Waals surface area contributed by atoms with Gasteiger partial charge in [-0.2, -0.15) is 0 Å². The Morgan fingerprint density at radius 1 is 0.425 bits per heavy atom. The Hall–Kier alpha value is 1.60. The van der Waals surface area contributed by atoms with E-state index in [0.717, 1.165) is 12.1 Å². The van der Waals surface area contributed by atoms with E-state index in [1.54, 1.807) is 0 Å². The van der Waals surface area contributed by atoms with Crippen LogP contribution < -0.4 is 0 Å². The maximum atomic E-state index is 2.92. The Labute approximate surface area is 299 Å². The summed E-state index contributed by atoms with van der Waals surface area (Å²) in [5.41, 5.74) is 1.02. The molecule has 1 nitrogen and oxygen atoms in total. The Morgan fingerprint density at radius 2 is 0.725 bits per heavy atom. The smallest absolute Gasteiger partial charge is 0.00697 e. The molecule has 0 N–H and O–H groups in total. The molecule has 0 fully saturated rings. The summed E-state index contributed by atoms with van der Waals surface area (Å²) < 4.78 is 0. The van der Waals surface area contributed by atoms with E-state index in [2.05, 4.69) is 67.2 Å². The number of unbranched alkanes of at least 4 members (excludes halogenated alkanes) is 17. The second-order valence-electron chi connectivity index (χ2n) is 15.9. The molecule has 0 aliphatic rings. The fourth-order valence-corrected chi connectivity index (χ4v) is 6.24. The van der Waals surface area contributed by atoms with E-state index in [-0.39, 0.29) is 51.4 Å². The predicted molar refractivity (Wildman–Crippen MR) is 187 cm³/mol. The first-order valence-electron chi connectivity index (χ1n) is 18.2. The third kappa shape index (κ3) is 31.0.